The van der Waals surface area contributed by atoms with E-state index in [-0.39, 0.29) is 66.8 Å². The van der Waals surface area contributed by atoms with Gasteiger partial charge in [-0.3, -0.25) is 0 Å². The summed E-state index contributed by atoms with van der Waals surface area (Å²) in [6.07, 6.45) is 2.28. The van der Waals surface area contributed by atoms with E-state index >= 15 is 0 Å². The van der Waals surface area contributed by atoms with Gasteiger partial charge in [0.2, 0.25) is 0 Å². The predicted octanol–water partition coefficient (Wildman–Crippen LogP) is 16.6. The molecule has 0 aliphatic heterocycles. The minimum atomic E-state index is -0.168. The van der Waals surface area contributed by atoms with E-state index in [0.29, 0.717) is 11.5 Å². The van der Waals surface area contributed by atoms with Crippen LogP contribution in [0.25, 0.3) is 44.5 Å². The van der Waals surface area contributed by atoms with Crippen LogP contribution in [0.2, 0.25) is 0 Å². The molecule has 0 spiro atoms. The Kier molecular flexibility index (Phi) is 19.2. The largest absolute Gasteiger partial charge is 3.00 e. The van der Waals surface area contributed by atoms with Crippen LogP contribution in [-0.2, 0) is 47.9 Å². The number of para-hydroxylation sites is 2. The van der Waals surface area contributed by atoms with Crippen LogP contribution in [0.4, 0.5) is 0 Å². The Balaban J connectivity index is 0.00000191. The second-order valence-corrected chi connectivity index (χ2v) is 20.8. The number of aromatic hydroxyl groups is 2. The van der Waals surface area contributed by atoms with Crippen molar-refractivity contribution in [3.63, 3.8) is 0 Å². The molecule has 0 aromatic heterocycles. The first kappa shape index (κ1) is 56.3. The third-order valence-corrected chi connectivity index (χ3v) is 11.6. The Bertz CT molecular complexity index is 2300. The summed E-state index contributed by atoms with van der Waals surface area (Å²) in [6.45, 7) is 33.2. The first-order valence-electron chi connectivity index (χ1n) is 22.7. The molecule has 0 heterocycles. The molecule has 2 N–H and O–H groups in total. The molecular weight excluding hydrogens is 908 g/mol. The van der Waals surface area contributed by atoms with Crippen LogP contribution in [0, 0.1) is 21.1 Å². The van der Waals surface area contributed by atoms with Gasteiger partial charge in [-0.15, -0.1) is 0 Å². The number of rotatable bonds is 11. The molecule has 0 atom stereocenters. The Morgan fingerprint density at radius 2 is 0.716 bits per heavy atom. The number of phenolic OH excluding ortho intramolecular Hbond substituents is 2. The zero-order valence-electron chi connectivity index (χ0n) is 43.1. The summed E-state index contributed by atoms with van der Waals surface area (Å²) in [7, 11) is 3.46. The average molecular weight is 983 g/mol. The minimum absolute atomic E-state index is 0. The van der Waals surface area contributed by atoms with Crippen LogP contribution < -0.4 is 18.9 Å². The number of hydrogen-bond acceptors (Lipinski definition) is 6. The Hall–Kier alpha value is -5.00. The third-order valence-electron chi connectivity index (χ3n) is 11.6. The quantitative estimate of drug-likeness (QED) is 0.126. The van der Waals surface area contributed by atoms with Crippen LogP contribution in [-0.4, -0.2) is 24.4 Å². The van der Waals surface area contributed by atoms with E-state index < -0.39 is 0 Å². The van der Waals surface area contributed by atoms with E-state index in [0.717, 1.165) is 84.7 Å². The van der Waals surface area contributed by atoms with Crippen molar-refractivity contribution in [1.29, 1.82) is 0 Å². The van der Waals surface area contributed by atoms with E-state index in [1.54, 1.807) is 14.2 Å². The molecule has 1 radical (unpaired) electrons. The maximum atomic E-state index is 11.7. The molecule has 6 nitrogen and oxygen atoms in total. The standard InChI is InChI=1S/C55H63O6.C4H9.CH3.Zr/c1-52(2,3)44-29-36(30-45(50(44)58-13)53(4,5)6)42-19-15-17-40(48(42)56)34-21-25-38(26-22-34)60-33-61-39-27-23-35(24-28-39)41-18-16-20-43(49(41)57)37-31-46(54(7,8)9)51(59-14)47(32-37)55(10,11)12;1-3-4-2;;/h15-33,56-57H,1-14H3;1,3-4H2,2H3;1H3;/q3*-1;+3. The second-order valence-electron chi connectivity index (χ2n) is 20.8. The van der Waals surface area contributed by atoms with Gasteiger partial charge in [-0.1, -0.05) is 157 Å². The van der Waals surface area contributed by atoms with Crippen molar-refractivity contribution in [3.8, 4) is 79.0 Å². The van der Waals surface area contributed by atoms with Crippen LogP contribution in [0.5, 0.6) is 34.5 Å². The number of methoxy groups -OCH3 is 2. The number of ether oxygens (including phenoxy) is 4. The molecule has 355 valence electrons. The number of phenols is 2. The first-order chi connectivity index (χ1) is 30.4. The maximum absolute atomic E-state index is 11.7. The van der Waals surface area contributed by atoms with E-state index in [2.05, 4.69) is 121 Å². The fraction of sp³-hybridized carbons (Fsp3) is 0.350. The average Bonchev–Trinajstić information content (AvgIpc) is 3.25. The number of unbranched alkanes of at least 4 members (excludes halogenated alkanes) is 1. The van der Waals surface area contributed by atoms with Crippen molar-refractivity contribution in [2.75, 3.05) is 14.2 Å². The fourth-order valence-electron chi connectivity index (χ4n) is 7.82. The van der Waals surface area contributed by atoms with Gasteiger partial charge in [0.25, 0.3) is 0 Å². The molecule has 6 aromatic rings. The molecule has 0 saturated carbocycles. The molecular formula is C60H75O6Zr. The molecule has 6 rings (SSSR count). The van der Waals surface area contributed by atoms with Gasteiger partial charge in [0.15, 0.2) is 0 Å². The smallest absolute Gasteiger partial charge is 0.623 e. The normalized spacial score (nSPS) is 11.6. The molecule has 0 fully saturated rings. The molecule has 6 aromatic carbocycles. The summed E-state index contributed by atoms with van der Waals surface area (Å²) >= 11 is 0. The molecule has 0 bridgehead atoms. The van der Waals surface area contributed by atoms with Crippen LogP contribution >= 0.6 is 0 Å². The second kappa shape index (κ2) is 22.9. The van der Waals surface area contributed by atoms with Gasteiger partial charge in [0.05, 0.1) is 25.7 Å². The SMILES string of the molecule is COc1c(C(C)(C)C)cc(-c2cccc(-c3ccc(O[CH-]Oc4ccc(-c5cccc(-c6cc(C(C)(C)C)c(OC)c(C(C)(C)C)c6)c5O)cc4)cc3)c2O)cc1C(C)(C)C.[CH2-]CCC.[CH3-].[Zr+3]. The zero-order valence-corrected chi connectivity index (χ0v) is 45.6. The van der Waals surface area contributed by atoms with Gasteiger partial charge in [-0.2, -0.15) is 6.42 Å². The summed E-state index contributed by atoms with van der Waals surface area (Å²) in [4.78, 5) is 0. The first-order valence-corrected chi connectivity index (χ1v) is 22.7. The topological polar surface area (TPSA) is 77.4 Å². The van der Waals surface area contributed by atoms with Gasteiger partial charge in [0, 0.05) is 51.3 Å². The maximum Gasteiger partial charge on any atom is 3.00 e. The van der Waals surface area contributed by atoms with Crippen molar-refractivity contribution < 1.29 is 55.4 Å². The molecule has 0 unspecified atom stereocenters. The van der Waals surface area contributed by atoms with Gasteiger partial charge in [0.1, 0.15) is 23.0 Å². The molecule has 0 aliphatic carbocycles. The summed E-state index contributed by atoms with van der Waals surface area (Å²) < 4.78 is 23.7. The zero-order chi connectivity index (χ0) is 48.1. The van der Waals surface area contributed by atoms with Gasteiger partial charge in [-0.25, -0.2) is 0 Å². The molecule has 7 heteroatoms. The van der Waals surface area contributed by atoms with Crippen molar-refractivity contribution >= 4 is 0 Å². The third kappa shape index (κ3) is 13.4. The van der Waals surface area contributed by atoms with Gasteiger partial charge >= 0.3 is 26.2 Å². The fourth-order valence-corrected chi connectivity index (χ4v) is 7.82. The van der Waals surface area contributed by atoms with Crippen molar-refractivity contribution in [2.24, 2.45) is 0 Å². The Labute approximate surface area is 423 Å². The van der Waals surface area contributed by atoms with Crippen LogP contribution in [0.1, 0.15) is 125 Å². The molecule has 0 saturated heterocycles. The van der Waals surface area contributed by atoms with Gasteiger partial charge in [-0.05, 0) is 92.4 Å². The molecule has 0 aliphatic rings. The van der Waals surface area contributed by atoms with E-state index in [1.165, 1.54) is 13.2 Å². The number of hydrogen-bond donors (Lipinski definition) is 2. The summed E-state index contributed by atoms with van der Waals surface area (Å²) in [5.41, 5.74) is 10.3. The summed E-state index contributed by atoms with van der Waals surface area (Å²) in [5.74, 6) is 3.38. The van der Waals surface area contributed by atoms with E-state index in [1.807, 2.05) is 84.9 Å². The minimum Gasteiger partial charge on any atom is -0.623 e. The van der Waals surface area contributed by atoms with E-state index in [9.17, 15) is 10.2 Å². The Morgan fingerprint density at radius 1 is 0.463 bits per heavy atom. The monoisotopic (exact) mass is 981 g/mol. The molecule has 67 heavy (non-hydrogen) atoms. The summed E-state index contributed by atoms with van der Waals surface area (Å²) in [6, 6.07) is 35.4. The van der Waals surface area contributed by atoms with Crippen LogP contribution in [0.3, 0.4) is 0 Å². The predicted molar refractivity (Wildman–Crippen MR) is 278 cm³/mol. The number of benzene rings is 6. The van der Waals surface area contributed by atoms with Crippen LogP contribution in [0.15, 0.2) is 109 Å². The summed E-state index contributed by atoms with van der Waals surface area (Å²) in [5, 5.41) is 23.4. The van der Waals surface area contributed by atoms with Crippen molar-refractivity contribution in [2.45, 2.75) is 125 Å². The van der Waals surface area contributed by atoms with Crippen molar-refractivity contribution in [1.82, 2.24) is 0 Å². The molecule has 0 amide bonds. The Morgan fingerprint density at radius 3 is 0.940 bits per heavy atom. The van der Waals surface area contributed by atoms with E-state index in [4.69, 9.17) is 18.9 Å². The van der Waals surface area contributed by atoms with Gasteiger partial charge < -0.3 is 43.5 Å². The van der Waals surface area contributed by atoms with Crippen molar-refractivity contribution in [3.05, 3.63) is 153 Å².